The molecule has 45 heavy (non-hydrogen) atoms. The molecule has 3 atom stereocenters. The van der Waals surface area contributed by atoms with E-state index in [0.717, 1.165) is 40.7 Å². The Bertz CT molecular complexity index is 1480. The number of amides is 2. The molecule has 0 spiro atoms. The zero-order chi connectivity index (χ0) is 32.1. The Hall–Kier alpha value is -4.02. The molecule has 1 N–H and O–H groups in total. The first-order valence-electron chi connectivity index (χ1n) is 15.9. The van der Waals surface area contributed by atoms with Crippen LogP contribution in [-0.4, -0.2) is 103 Å². The molecular weight excluding hydrogens is 572 g/mol. The van der Waals surface area contributed by atoms with Gasteiger partial charge in [-0.3, -0.25) is 14.5 Å². The van der Waals surface area contributed by atoms with Crippen LogP contribution in [-0.2, 0) is 20.9 Å². The average Bonchev–Trinajstić information content (AvgIpc) is 3.60. The largest absolute Gasteiger partial charge is 0.481 e. The van der Waals surface area contributed by atoms with Crippen molar-refractivity contribution in [1.82, 2.24) is 4.90 Å². The number of allylic oxidation sites excluding steroid dienone is 1. The summed E-state index contributed by atoms with van der Waals surface area (Å²) in [4.78, 5) is 43.6. The number of fused-ring (bicyclic) bond motifs is 1. The maximum atomic E-state index is 14.2. The van der Waals surface area contributed by atoms with E-state index in [1.807, 2.05) is 52.3 Å². The van der Waals surface area contributed by atoms with Crippen LogP contribution < -0.4 is 14.4 Å². The van der Waals surface area contributed by atoms with Crippen molar-refractivity contribution in [3.05, 3.63) is 65.7 Å². The number of quaternary nitrogens is 1. The topological polar surface area (TPSA) is 99.4 Å². The molecular formula is C35H46N4O6+2. The summed E-state index contributed by atoms with van der Waals surface area (Å²) in [5, 5.41) is 10.6. The Morgan fingerprint density at radius 3 is 2.64 bits per heavy atom. The van der Waals surface area contributed by atoms with Crippen LogP contribution in [0.2, 0.25) is 0 Å². The normalized spacial score (nSPS) is 21.2. The van der Waals surface area contributed by atoms with E-state index < -0.39 is 17.9 Å². The summed E-state index contributed by atoms with van der Waals surface area (Å²) in [5.41, 5.74) is 2.85. The van der Waals surface area contributed by atoms with Crippen LogP contribution in [0.1, 0.15) is 49.7 Å². The monoisotopic (exact) mass is 618 g/mol. The molecule has 0 bridgehead atoms. The molecule has 240 valence electrons. The van der Waals surface area contributed by atoms with Gasteiger partial charge in [-0.05, 0) is 42.3 Å². The minimum Gasteiger partial charge on any atom is -0.481 e. The zero-order valence-corrected chi connectivity index (χ0v) is 26.9. The minimum atomic E-state index is -0.915. The molecule has 3 aliphatic heterocycles. The number of rotatable bonds is 13. The molecule has 1 saturated heterocycles. The van der Waals surface area contributed by atoms with Crippen LogP contribution in [0, 0.1) is 5.92 Å². The molecule has 0 aromatic heterocycles. The molecule has 3 aliphatic rings. The zero-order valence-electron chi connectivity index (χ0n) is 26.9. The van der Waals surface area contributed by atoms with Crippen LogP contribution in [0.5, 0.6) is 11.5 Å². The van der Waals surface area contributed by atoms with Crippen molar-refractivity contribution in [3.8, 4) is 11.5 Å². The number of nitrogens with zero attached hydrogens (tertiary/aromatic N) is 4. The summed E-state index contributed by atoms with van der Waals surface area (Å²) in [6.07, 6.45) is 7.95. The summed E-state index contributed by atoms with van der Waals surface area (Å²) in [6.45, 7) is 4.50. The molecule has 1 fully saturated rings. The Kier molecular flexibility index (Phi) is 10.0. The van der Waals surface area contributed by atoms with Crippen molar-refractivity contribution in [3.63, 3.8) is 0 Å². The molecule has 10 nitrogen and oxygen atoms in total. The standard InChI is InChI=1S/C35H45N4O6/c1-5-6-17-38(27-11-9-10-25(19-27)23-39(2,3)4)33(41)22-37-21-28(26-13-14-30-31(20-26)45-24-44-30)34(35(42)43)29(37)15-18-36-16-8-7-12-32(36)40/h7-11,13-14,16,19-20,28-29,34H,5-6,12,15,17-18,21-24H2,1-4H3/q+1/p+1/t28-,29+,34-/m1/s1. The maximum absolute atomic E-state index is 14.2. The van der Waals surface area contributed by atoms with Crippen LogP contribution >= 0.6 is 0 Å². The summed E-state index contributed by atoms with van der Waals surface area (Å²) in [7, 11) is 6.42. The fourth-order valence-corrected chi connectivity index (χ4v) is 6.68. The first-order chi connectivity index (χ1) is 21.5. The number of aliphatic carboxylic acids is 1. The fraction of sp³-hybridized carbons (Fsp3) is 0.486. The quantitative estimate of drug-likeness (QED) is 0.269. The number of carbonyl (C=O) groups is 3. The van der Waals surface area contributed by atoms with Gasteiger partial charge in [0.05, 0.1) is 40.0 Å². The van der Waals surface area contributed by atoms with Crippen molar-refractivity contribution < 1.29 is 38.0 Å². The molecule has 0 unspecified atom stereocenters. The second kappa shape index (κ2) is 14.0. The molecule has 0 saturated carbocycles. The molecule has 3 heterocycles. The number of ether oxygens (including phenoxy) is 2. The highest BCUT2D eigenvalue weighted by atomic mass is 16.7. The third-order valence-electron chi connectivity index (χ3n) is 8.79. The lowest BCUT2D eigenvalue weighted by atomic mass is 9.84. The maximum Gasteiger partial charge on any atom is 0.390 e. The van der Waals surface area contributed by atoms with Gasteiger partial charge in [-0.2, -0.15) is 4.58 Å². The number of anilines is 1. The van der Waals surface area contributed by atoms with Gasteiger partial charge in [0, 0.05) is 42.7 Å². The van der Waals surface area contributed by atoms with E-state index in [-0.39, 0.29) is 31.1 Å². The van der Waals surface area contributed by atoms with E-state index in [9.17, 15) is 19.5 Å². The number of unbranched alkanes of at least 4 members (excludes halogenated alkanes) is 1. The number of carboxylic acids is 1. The van der Waals surface area contributed by atoms with Crippen molar-refractivity contribution in [2.75, 3.05) is 59.0 Å². The Labute approximate surface area is 265 Å². The highest BCUT2D eigenvalue weighted by molar-refractivity contribution is 5.95. The first-order valence-corrected chi connectivity index (χ1v) is 15.9. The van der Waals surface area contributed by atoms with E-state index in [1.165, 1.54) is 0 Å². The summed E-state index contributed by atoms with van der Waals surface area (Å²) >= 11 is 0. The van der Waals surface area contributed by atoms with Gasteiger partial charge in [-0.15, -0.1) is 0 Å². The van der Waals surface area contributed by atoms with E-state index >= 15 is 0 Å². The summed E-state index contributed by atoms with van der Waals surface area (Å²) < 4.78 is 13.5. The molecule has 2 aromatic carbocycles. The Morgan fingerprint density at radius 1 is 1.11 bits per heavy atom. The van der Waals surface area contributed by atoms with Gasteiger partial charge in [0.1, 0.15) is 6.54 Å². The molecule has 2 amide bonds. The van der Waals surface area contributed by atoms with E-state index in [0.29, 0.717) is 44.0 Å². The molecule has 0 aliphatic carbocycles. The van der Waals surface area contributed by atoms with Gasteiger partial charge in [-0.25, -0.2) is 4.79 Å². The number of hydrogen-bond acceptors (Lipinski definition) is 6. The second-order valence-electron chi connectivity index (χ2n) is 13.3. The predicted octanol–water partition coefficient (Wildman–Crippen LogP) is 3.88. The van der Waals surface area contributed by atoms with Crippen molar-refractivity contribution in [2.24, 2.45) is 5.92 Å². The lowest BCUT2D eigenvalue weighted by Gasteiger charge is -2.30. The minimum absolute atomic E-state index is 0.0168. The van der Waals surface area contributed by atoms with E-state index in [1.54, 1.807) is 10.8 Å². The van der Waals surface area contributed by atoms with E-state index in [4.69, 9.17) is 9.47 Å². The van der Waals surface area contributed by atoms with Crippen LogP contribution in [0.4, 0.5) is 5.69 Å². The van der Waals surface area contributed by atoms with Gasteiger partial charge >= 0.3 is 11.9 Å². The number of likely N-dealkylation sites (tertiary alicyclic amines) is 1. The number of hydrogen-bond donors (Lipinski definition) is 1. The van der Waals surface area contributed by atoms with Crippen molar-refractivity contribution >= 4 is 29.7 Å². The molecule has 0 radical (unpaired) electrons. The first kappa shape index (κ1) is 32.4. The highest BCUT2D eigenvalue weighted by Gasteiger charge is 2.48. The van der Waals surface area contributed by atoms with Crippen LogP contribution in [0.3, 0.4) is 0 Å². The Morgan fingerprint density at radius 2 is 1.91 bits per heavy atom. The number of benzene rings is 2. The fourth-order valence-electron chi connectivity index (χ4n) is 6.68. The molecule has 5 rings (SSSR count). The highest BCUT2D eigenvalue weighted by Crippen LogP contribution is 2.42. The number of carbonyl (C=O) groups excluding carboxylic acids is 2. The van der Waals surface area contributed by atoms with Crippen molar-refractivity contribution in [1.29, 1.82) is 0 Å². The van der Waals surface area contributed by atoms with E-state index in [2.05, 4.69) is 40.2 Å². The summed E-state index contributed by atoms with van der Waals surface area (Å²) in [6, 6.07) is 13.3. The third kappa shape index (κ3) is 7.80. The Balaban J connectivity index is 1.44. The average molecular weight is 619 g/mol. The second-order valence-corrected chi connectivity index (χ2v) is 13.3. The SMILES string of the molecule is CCCCN(C(=O)CN1C[C@H](c2ccc3c(c2)OCO3)[C@@H](C(=O)O)[C@@H]1CC[N+]1=CC=CCC1=O)c1cccc(C[N+](C)(C)C)c1. The third-order valence-corrected chi connectivity index (χ3v) is 8.79. The molecule has 2 aromatic rings. The van der Waals surface area contributed by atoms with Gasteiger partial charge in [0.2, 0.25) is 12.7 Å². The van der Waals surface area contributed by atoms with Crippen LogP contribution in [0.15, 0.2) is 54.6 Å². The predicted molar refractivity (Wildman–Crippen MR) is 172 cm³/mol. The van der Waals surface area contributed by atoms with Crippen LogP contribution in [0.25, 0.3) is 0 Å². The lowest BCUT2D eigenvalue weighted by Crippen LogP contribution is -2.45. The van der Waals surface area contributed by atoms with Crippen molar-refractivity contribution in [2.45, 2.75) is 51.1 Å². The summed E-state index contributed by atoms with van der Waals surface area (Å²) in [5.74, 6) is -0.895. The van der Waals surface area contributed by atoms with Gasteiger partial charge in [0.25, 0.3) is 0 Å². The van der Waals surface area contributed by atoms with Gasteiger partial charge < -0.3 is 24.0 Å². The van der Waals surface area contributed by atoms with Gasteiger partial charge in [0.15, 0.2) is 24.3 Å². The lowest BCUT2D eigenvalue weighted by molar-refractivity contribution is -0.884. The number of carboxylic acid groups (broad SMARTS) is 1. The van der Waals surface area contributed by atoms with Gasteiger partial charge in [-0.1, -0.05) is 37.6 Å². The smallest absolute Gasteiger partial charge is 0.390 e. The molecule has 10 heteroatoms.